The lowest BCUT2D eigenvalue weighted by Gasteiger charge is -2.28. The molecule has 1 rings (SSSR count). The summed E-state index contributed by atoms with van der Waals surface area (Å²) in [7, 11) is 1.10. The fourth-order valence-electron chi connectivity index (χ4n) is 2.14. The van der Waals surface area contributed by atoms with Crippen molar-refractivity contribution in [1.82, 2.24) is 10.2 Å². The number of nitrogens with one attached hydrogen (secondary N) is 1. The van der Waals surface area contributed by atoms with Gasteiger partial charge in [-0.05, 0) is 26.3 Å². The SMILES string of the molecule is COC(=O)[C@H](CN(CC(=O)O)C(=O)OC(C)(C)C)NC(=O)OCc1ccccc1. The lowest BCUT2D eigenvalue weighted by Crippen LogP contribution is -2.52. The van der Waals surface area contributed by atoms with E-state index < -0.39 is 48.9 Å². The van der Waals surface area contributed by atoms with Crippen LogP contribution in [0.1, 0.15) is 26.3 Å². The number of hydrogen-bond donors (Lipinski definition) is 2. The average Bonchev–Trinajstić information content (AvgIpc) is 2.63. The molecule has 1 aromatic carbocycles. The third kappa shape index (κ3) is 9.45. The first kappa shape index (κ1) is 23.7. The molecule has 0 aliphatic carbocycles. The Bertz CT molecular complexity index is 715. The molecule has 160 valence electrons. The smallest absolute Gasteiger partial charge is 0.410 e. The zero-order valence-electron chi connectivity index (χ0n) is 16.8. The van der Waals surface area contributed by atoms with Crippen LogP contribution in [0.4, 0.5) is 9.59 Å². The number of benzene rings is 1. The van der Waals surface area contributed by atoms with Crippen LogP contribution < -0.4 is 5.32 Å². The highest BCUT2D eigenvalue weighted by molar-refractivity contribution is 5.83. The number of alkyl carbamates (subject to hydrolysis) is 1. The van der Waals surface area contributed by atoms with Gasteiger partial charge in [-0.3, -0.25) is 9.69 Å². The van der Waals surface area contributed by atoms with Gasteiger partial charge in [0, 0.05) is 0 Å². The molecule has 0 bridgehead atoms. The molecular formula is C19H26N2O8. The van der Waals surface area contributed by atoms with Gasteiger partial charge in [-0.25, -0.2) is 14.4 Å². The van der Waals surface area contributed by atoms with Gasteiger partial charge in [-0.2, -0.15) is 0 Å². The van der Waals surface area contributed by atoms with Crippen LogP contribution in [0.2, 0.25) is 0 Å². The van der Waals surface area contributed by atoms with Gasteiger partial charge in [0.05, 0.1) is 13.7 Å². The van der Waals surface area contributed by atoms with Gasteiger partial charge in [-0.15, -0.1) is 0 Å². The molecule has 2 amide bonds. The number of hydrogen-bond acceptors (Lipinski definition) is 7. The largest absolute Gasteiger partial charge is 0.480 e. The van der Waals surface area contributed by atoms with Crippen molar-refractivity contribution < 1.29 is 38.5 Å². The fraction of sp³-hybridized carbons (Fsp3) is 0.474. The van der Waals surface area contributed by atoms with Gasteiger partial charge in [0.25, 0.3) is 0 Å². The van der Waals surface area contributed by atoms with E-state index in [0.717, 1.165) is 17.6 Å². The molecule has 10 heteroatoms. The van der Waals surface area contributed by atoms with Gasteiger partial charge in [0.2, 0.25) is 0 Å². The first-order chi connectivity index (χ1) is 13.5. The minimum Gasteiger partial charge on any atom is -0.480 e. The molecule has 0 aliphatic heterocycles. The standard InChI is InChI=1S/C19H26N2O8/c1-19(2,3)29-18(26)21(11-15(22)23)10-14(16(24)27-4)20-17(25)28-12-13-8-6-5-7-9-13/h5-9,14H,10-12H2,1-4H3,(H,20,25)(H,22,23)/t14-/m0/s1. The molecule has 10 nitrogen and oxygen atoms in total. The summed E-state index contributed by atoms with van der Waals surface area (Å²) in [5.74, 6) is -2.19. The van der Waals surface area contributed by atoms with Crippen LogP contribution in [0.5, 0.6) is 0 Å². The number of nitrogens with zero attached hydrogens (tertiary/aromatic N) is 1. The van der Waals surface area contributed by atoms with E-state index in [4.69, 9.17) is 14.6 Å². The third-order valence-electron chi connectivity index (χ3n) is 3.37. The van der Waals surface area contributed by atoms with Crippen molar-refractivity contribution in [3.63, 3.8) is 0 Å². The second-order valence-corrected chi connectivity index (χ2v) is 7.04. The van der Waals surface area contributed by atoms with Crippen molar-refractivity contribution >= 4 is 24.1 Å². The van der Waals surface area contributed by atoms with E-state index in [1.165, 1.54) is 0 Å². The Hall–Kier alpha value is -3.30. The maximum absolute atomic E-state index is 12.3. The number of rotatable bonds is 8. The number of aliphatic carboxylic acids is 1. The quantitative estimate of drug-likeness (QED) is 0.490. The minimum absolute atomic E-state index is 0.0362. The van der Waals surface area contributed by atoms with Crippen molar-refractivity contribution in [3.8, 4) is 0 Å². The predicted molar refractivity (Wildman–Crippen MR) is 101 cm³/mol. The van der Waals surface area contributed by atoms with E-state index in [-0.39, 0.29) is 6.61 Å². The van der Waals surface area contributed by atoms with E-state index in [1.807, 2.05) is 6.07 Å². The van der Waals surface area contributed by atoms with E-state index in [0.29, 0.717) is 0 Å². The summed E-state index contributed by atoms with van der Waals surface area (Å²) in [5.41, 5.74) is -0.144. The third-order valence-corrected chi connectivity index (χ3v) is 3.37. The van der Waals surface area contributed by atoms with Crippen LogP contribution in [0.3, 0.4) is 0 Å². The number of carboxylic acid groups (broad SMARTS) is 1. The van der Waals surface area contributed by atoms with Gasteiger partial charge < -0.3 is 24.6 Å². The number of esters is 1. The zero-order chi connectivity index (χ0) is 22.0. The highest BCUT2D eigenvalue weighted by Gasteiger charge is 2.31. The Balaban J connectivity index is 2.82. The van der Waals surface area contributed by atoms with Gasteiger partial charge in [-0.1, -0.05) is 30.3 Å². The molecule has 1 atom stereocenters. The number of carbonyl (C=O) groups excluding carboxylic acids is 3. The van der Waals surface area contributed by atoms with Crippen LogP contribution in [-0.2, 0) is 30.4 Å². The second-order valence-electron chi connectivity index (χ2n) is 7.04. The lowest BCUT2D eigenvalue weighted by atomic mass is 10.2. The molecule has 0 saturated heterocycles. The lowest BCUT2D eigenvalue weighted by molar-refractivity contribution is -0.145. The van der Waals surface area contributed by atoms with E-state index in [2.05, 4.69) is 10.1 Å². The van der Waals surface area contributed by atoms with E-state index in [1.54, 1.807) is 45.0 Å². The number of carboxylic acids is 1. The fourth-order valence-corrected chi connectivity index (χ4v) is 2.14. The van der Waals surface area contributed by atoms with Crippen molar-refractivity contribution in [2.75, 3.05) is 20.2 Å². The Morgan fingerprint density at radius 3 is 2.28 bits per heavy atom. The van der Waals surface area contributed by atoms with Gasteiger partial charge in [0.15, 0.2) is 0 Å². The minimum atomic E-state index is -1.35. The first-order valence-electron chi connectivity index (χ1n) is 8.76. The summed E-state index contributed by atoms with van der Waals surface area (Å²) in [5, 5.41) is 11.3. The number of methoxy groups -OCH3 is 1. The van der Waals surface area contributed by atoms with Crippen molar-refractivity contribution in [2.45, 2.75) is 39.0 Å². The van der Waals surface area contributed by atoms with E-state index >= 15 is 0 Å². The molecule has 0 aliphatic rings. The summed E-state index contributed by atoms with van der Waals surface area (Å²) < 4.78 is 14.8. The molecule has 0 heterocycles. The van der Waals surface area contributed by atoms with Crippen molar-refractivity contribution in [1.29, 1.82) is 0 Å². The van der Waals surface area contributed by atoms with Crippen LogP contribution in [0, 0.1) is 0 Å². The number of amides is 2. The zero-order valence-corrected chi connectivity index (χ0v) is 16.8. The molecule has 29 heavy (non-hydrogen) atoms. The maximum Gasteiger partial charge on any atom is 0.410 e. The molecule has 2 N–H and O–H groups in total. The van der Waals surface area contributed by atoms with Gasteiger partial charge >= 0.3 is 24.1 Å². The summed E-state index contributed by atoms with van der Waals surface area (Å²) in [4.78, 5) is 48.3. The molecule has 0 saturated carbocycles. The molecular weight excluding hydrogens is 384 g/mol. The molecule has 0 radical (unpaired) electrons. The summed E-state index contributed by atoms with van der Waals surface area (Å²) in [6, 6.07) is 7.52. The Morgan fingerprint density at radius 1 is 1.14 bits per heavy atom. The van der Waals surface area contributed by atoms with Crippen molar-refractivity contribution in [2.24, 2.45) is 0 Å². The molecule has 0 unspecified atom stereocenters. The Morgan fingerprint density at radius 2 is 1.76 bits per heavy atom. The highest BCUT2D eigenvalue weighted by atomic mass is 16.6. The molecule has 0 fully saturated rings. The molecule has 1 aromatic rings. The monoisotopic (exact) mass is 410 g/mol. The molecule has 0 aromatic heterocycles. The Kier molecular flexibility index (Phi) is 8.91. The first-order valence-corrected chi connectivity index (χ1v) is 8.76. The number of ether oxygens (including phenoxy) is 3. The van der Waals surface area contributed by atoms with Crippen LogP contribution in [0.25, 0.3) is 0 Å². The summed E-state index contributed by atoms with van der Waals surface area (Å²) in [6.07, 6.45) is -1.88. The normalized spacial score (nSPS) is 11.7. The van der Waals surface area contributed by atoms with Crippen LogP contribution in [-0.4, -0.2) is 66.0 Å². The topological polar surface area (TPSA) is 131 Å². The van der Waals surface area contributed by atoms with Crippen LogP contribution in [0.15, 0.2) is 30.3 Å². The average molecular weight is 410 g/mol. The summed E-state index contributed by atoms with van der Waals surface area (Å²) in [6.45, 7) is 3.59. The second kappa shape index (κ2) is 10.9. The molecule has 0 spiro atoms. The number of carbonyl (C=O) groups is 4. The van der Waals surface area contributed by atoms with Crippen molar-refractivity contribution in [3.05, 3.63) is 35.9 Å². The predicted octanol–water partition coefficient (Wildman–Crippen LogP) is 1.78. The van der Waals surface area contributed by atoms with E-state index in [9.17, 15) is 19.2 Å². The highest BCUT2D eigenvalue weighted by Crippen LogP contribution is 2.11. The van der Waals surface area contributed by atoms with Crippen LogP contribution >= 0.6 is 0 Å². The Labute approximate surface area is 168 Å². The maximum atomic E-state index is 12.3. The summed E-state index contributed by atoms with van der Waals surface area (Å²) >= 11 is 0. The van der Waals surface area contributed by atoms with Gasteiger partial charge in [0.1, 0.15) is 24.8 Å².